The molecule has 2 aromatic heterocycles. The molecule has 1 aliphatic rings. The van der Waals surface area contributed by atoms with E-state index in [1.165, 1.54) is 5.56 Å². The quantitative estimate of drug-likeness (QED) is 0.274. The molecule has 0 aliphatic carbocycles. The zero-order chi connectivity index (χ0) is 27.1. The first-order valence-electron chi connectivity index (χ1n) is 12.9. The standard InChI is InChI=1S/C31H28ClN5O2/c1-35(18-20-9-4-3-5-10-20)15-8-16-37-26-12-7-6-11-22(26)29(34-37)28-27(30(38)33-31(28)39)24-19-36(2)25-14-13-21(32)17-23(24)25/h3-7,9-14,17,19H,8,15-16,18H2,1-2H3,(H,33,38,39). The number of imide groups is 1. The van der Waals surface area contributed by atoms with Crippen molar-refractivity contribution in [3.8, 4) is 0 Å². The van der Waals surface area contributed by atoms with Crippen LogP contribution in [0, 0.1) is 0 Å². The van der Waals surface area contributed by atoms with Crippen LogP contribution in [0.25, 0.3) is 33.0 Å². The Morgan fingerprint density at radius 1 is 0.897 bits per heavy atom. The minimum atomic E-state index is -0.438. The third-order valence-corrected chi connectivity index (χ3v) is 7.49. The fourth-order valence-electron chi connectivity index (χ4n) is 5.45. The number of halogens is 1. The van der Waals surface area contributed by atoms with Crippen LogP contribution in [-0.2, 0) is 29.7 Å². The number of carbonyl (C=O) groups excluding carboxylic acids is 2. The van der Waals surface area contributed by atoms with Gasteiger partial charge in [0.2, 0.25) is 0 Å². The number of nitrogens with one attached hydrogen (secondary N) is 1. The van der Waals surface area contributed by atoms with Crippen LogP contribution in [0.5, 0.6) is 0 Å². The summed E-state index contributed by atoms with van der Waals surface area (Å²) in [7, 11) is 4.02. The molecule has 5 aromatic rings. The van der Waals surface area contributed by atoms with Gasteiger partial charge in [0.15, 0.2) is 0 Å². The van der Waals surface area contributed by atoms with Gasteiger partial charge in [0.1, 0.15) is 5.69 Å². The van der Waals surface area contributed by atoms with Gasteiger partial charge in [0, 0.05) is 53.2 Å². The minimum Gasteiger partial charge on any atom is -0.350 e. The number of amides is 2. The lowest BCUT2D eigenvalue weighted by Gasteiger charge is -2.16. The molecule has 1 aliphatic heterocycles. The fourth-order valence-corrected chi connectivity index (χ4v) is 5.62. The first kappa shape index (κ1) is 25.1. The number of nitrogens with zero attached hydrogens (tertiary/aromatic N) is 4. The van der Waals surface area contributed by atoms with E-state index >= 15 is 0 Å². The summed E-state index contributed by atoms with van der Waals surface area (Å²) in [6.07, 6.45) is 2.75. The number of benzene rings is 3. The van der Waals surface area contributed by atoms with Crippen LogP contribution in [0.15, 0.2) is 79.0 Å². The van der Waals surface area contributed by atoms with Gasteiger partial charge < -0.3 is 9.47 Å². The van der Waals surface area contributed by atoms with Crippen molar-refractivity contribution in [1.82, 2.24) is 24.6 Å². The maximum atomic E-state index is 13.2. The Hall–Kier alpha value is -4.20. The van der Waals surface area contributed by atoms with Gasteiger partial charge >= 0.3 is 0 Å². The molecule has 0 atom stereocenters. The van der Waals surface area contributed by atoms with Gasteiger partial charge in [-0.15, -0.1) is 0 Å². The van der Waals surface area contributed by atoms with Crippen molar-refractivity contribution in [2.24, 2.45) is 7.05 Å². The van der Waals surface area contributed by atoms with Gasteiger partial charge in [0.05, 0.1) is 16.7 Å². The summed E-state index contributed by atoms with van der Waals surface area (Å²) in [6, 6.07) is 23.8. The topological polar surface area (TPSA) is 72.2 Å². The molecular formula is C31H28ClN5O2. The maximum Gasteiger partial charge on any atom is 0.261 e. The molecule has 0 bridgehead atoms. The van der Waals surface area contributed by atoms with Gasteiger partial charge in [-0.05, 0) is 49.8 Å². The number of aromatic nitrogens is 3. The minimum absolute atomic E-state index is 0.295. The molecule has 39 heavy (non-hydrogen) atoms. The van der Waals surface area contributed by atoms with E-state index in [9.17, 15) is 9.59 Å². The first-order valence-corrected chi connectivity index (χ1v) is 13.3. The van der Waals surface area contributed by atoms with E-state index in [1.54, 1.807) is 0 Å². The van der Waals surface area contributed by atoms with Gasteiger partial charge in [-0.2, -0.15) is 5.10 Å². The van der Waals surface area contributed by atoms with Gasteiger partial charge in [-0.25, -0.2) is 0 Å². The average Bonchev–Trinajstić information content (AvgIpc) is 3.54. The van der Waals surface area contributed by atoms with E-state index in [2.05, 4.69) is 41.5 Å². The Balaban J connectivity index is 1.37. The van der Waals surface area contributed by atoms with E-state index in [1.807, 2.05) is 71.0 Å². The van der Waals surface area contributed by atoms with Crippen LogP contribution in [0.2, 0.25) is 5.02 Å². The van der Waals surface area contributed by atoms with E-state index in [4.69, 9.17) is 16.7 Å². The second-order valence-electron chi connectivity index (χ2n) is 10.0. The van der Waals surface area contributed by atoms with Crippen LogP contribution in [0.1, 0.15) is 23.2 Å². The lowest BCUT2D eigenvalue weighted by Crippen LogP contribution is -2.23. The van der Waals surface area contributed by atoms with Gasteiger partial charge in [-0.1, -0.05) is 60.1 Å². The molecule has 7 nitrogen and oxygen atoms in total. The first-order chi connectivity index (χ1) is 18.9. The fraction of sp³-hybridized carbons (Fsp3) is 0.194. The Morgan fingerprint density at radius 3 is 2.46 bits per heavy atom. The zero-order valence-electron chi connectivity index (χ0n) is 21.8. The maximum absolute atomic E-state index is 13.2. The van der Waals surface area contributed by atoms with E-state index in [0.29, 0.717) is 34.0 Å². The molecule has 6 rings (SSSR count). The number of para-hydroxylation sites is 1. The van der Waals surface area contributed by atoms with Crippen molar-refractivity contribution in [1.29, 1.82) is 0 Å². The largest absolute Gasteiger partial charge is 0.350 e. The van der Waals surface area contributed by atoms with Crippen LogP contribution in [0.3, 0.4) is 0 Å². The molecule has 8 heteroatoms. The molecule has 1 N–H and O–H groups in total. The molecule has 2 amide bonds. The number of fused-ring (bicyclic) bond motifs is 2. The molecular weight excluding hydrogens is 510 g/mol. The van der Waals surface area contributed by atoms with Gasteiger partial charge in [-0.3, -0.25) is 19.6 Å². The molecule has 0 spiro atoms. The van der Waals surface area contributed by atoms with Crippen molar-refractivity contribution in [2.45, 2.75) is 19.5 Å². The monoisotopic (exact) mass is 537 g/mol. The highest BCUT2D eigenvalue weighted by Crippen LogP contribution is 2.38. The van der Waals surface area contributed by atoms with Crippen LogP contribution < -0.4 is 5.32 Å². The lowest BCUT2D eigenvalue weighted by molar-refractivity contribution is -0.122. The normalized spacial score (nSPS) is 13.8. The van der Waals surface area contributed by atoms with Crippen LogP contribution in [-0.4, -0.2) is 44.7 Å². The Labute approximate surface area is 231 Å². The second kappa shape index (κ2) is 10.2. The second-order valence-corrected chi connectivity index (χ2v) is 10.5. The summed E-state index contributed by atoms with van der Waals surface area (Å²) >= 11 is 6.31. The number of carbonyl (C=O) groups is 2. The van der Waals surface area contributed by atoms with E-state index in [-0.39, 0.29) is 0 Å². The summed E-state index contributed by atoms with van der Waals surface area (Å²) in [4.78, 5) is 28.7. The van der Waals surface area contributed by atoms with Gasteiger partial charge in [0.25, 0.3) is 11.8 Å². The van der Waals surface area contributed by atoms with Crippen molar-refractivity contribution in [3.63, 3.8) is 0 Å². The highest BCUT2D eigenvalue weighted by Gasteiger charge is 2.36. The van der Waals surface area contributed by atoms with E-state index < -0.39 is 11.8 Å². The van der Waals surface area contributed by atoms with Crippen molar-refractivity contribution in [3.05, 3.63) is 101 Å². The highest BCUT2D eigenvalue weighted by molar-refractivity contribution is 6.50. The summed E-state index contributed by atoms with van der Waals surface area (Å²) in [5.41, 5.74) is 4.92. The Kier molecular flexibility index (Phi) is 6.54. The predicted molar refractivity (Wildman–Crippen MR) is 155 cm³/mol. The Morgan fingerprint density at radius 2 is 1.64 bits per heavy atom. The zero-order valence-corrected chi connectivity index (χ0v) is 22.6. The molecule has 3 heterocycles. The number of rotatable bonds is 8. The van der Waals surface area contributed by atoms with Crippen LogP contribution in [0.4, 0.5) is 0 Å². The van der Waals surface area contributed by atoms with Crippen molar-refractivity contribution in [2.75, 3.05) is 13.6 Å². The summed E-state index contributed by atoms with van der Waals surface area (Å²) in [5.74, 6) is -0.865. The smallest absolute Gasteiger partial charge is 0.261 e. The number of hydrogen-bond donors (Lipinski definition) is 1. The average molecular weight is 538 g/mol. The summed E-state index contributed by atoms with van der Waals surface area (Å²) in [6.45, 7) is 2.45. The molecule has 0 unspecified atom stereocenters. The molecule has 0 fully saturated rings. The Bertz CT molecular complexity index is 1770. The predicted octanol–water partition coefficient (Wildman–Crippen LogP) is 5.27. The SMILES string of the molecule is CN(CCCn1nc(C2=C(c3cn(C)c4ccc(Cl)cc34)C(=O)NC2=O)c2ccccc21)Cc1ccccc1. The highest BCUT2D eigenvalue weighted by atomic mass is 35.5. The number of hydrogen-bond acceptors (Lipinski definition) is 4. The van der Waals surface area contributed by atoms with Crippen molar-refractivity contribution >= 4 is 56.4 Å². The summed E-state index contributed by atoms with van der Waals surface area (Å²) < 4.78 is 3.88. The number of aryl methyl sites for hydroxylation is 2. The van der Waals surface area contributed by atoms with E-state index in [0.717, 1.165) is 41.3 Å². The van der Waals surface area contributed by atoms with Crippen molar-refractivity contribution < 1.29 is 9.59 Å². The lowest BCUT2D eigenvalue weighted by atomic mass is 9.97. The molecule has 196 valence electrons. The third-order valence-electron chi connectivity index (χ3n) is 7.25. The third kappa shape index (κ3) is 4.64. The molecule has 0 saturated heterocycles. The molecule has 0 radical (unpaired) electrons. The summed E-state index contributed by atoms with van der Waals surface area (Å²) in [5, 5.41) is 9.63. The molecule has 3 aromatic carbocycles. The van der Waals surface area contributed by atoms with Crippen LogP contribution >= 0.6 is 11.6 Å². The molecule has 0 saturated carbocycles.